The van der Waals surface area contributed by atoms with E-state index < -0.39 is 0 Å². The molecule has 84 valence electrons. The lowest BCUT2D eigenvalue weighted by Gasteiger charge is -1.90. The van der Waals surface area contributed by atoms with Gasteiger partial charge in [-0.25, -0.2) is 4.79 Å². The van der Waals surface area contributed by atoms with Crippen LogP contribution in [-0.4, -0.2) is 16.5 Å². The number of nitrogens with zero attached hydrogens (tertiary/aromatic N) is 3. The van der Waals surface area contributed by atoms with Crippen molar-refractivity contribution >= 4 is 11.0 Å². The van der Waals surface area contributed by atoms with E-state index in [0.717, 1.165) is 16.6 Å². The lowest BCUT2D eigenvalue weighted by atomic mass is 10.2. The van der Waals surface area contributed by atoms with Crippen LogP contribution in [0.2, 0.25) is 0 Å². The summed E-state index contributed by atoms with van der Waals surface area (Å²) >= 11 is 0. The minimum absolute atomic E-state index is 0.228. The Morgan fingerprint density at radius 1 is 1.35 bits per heavy atom. The van der Waals surface area contributed by atoms with Crippen molar-refractivity contribution in [1.29, 1.82) is 0 Å². The summed E-state index contributed by atoms with van der Waals surface area (Å²) in [6, 6.07) is 5.42. The van der Waals surface area contributed by atoms with Crippen LogP contribution in [0.5, 0.6) is 0 Å². The maximum absolute atomic E-state index is 11.0. The van der Waals surface area contributed by atoms with Crippen molar-refractivity contribution in [3.8, 4) is 11.8 Å². The lowest BCUT2D eigenvalue weighted by Crippen LogP contribution is -1.99. The molecule has 0 aliphatic rings. The monoisotopic (exact) mass is 227 g/mol. The van der Waals surface area contributed by atoms with Crippen LogP contribution < -0.4 is 5.69 Å². The van der Waals surface area contributed by atoms with Crippen molar-refractivity contribution in [2.75, 3.05) is 6.54 Å². The topological polar surface area (TPSA) is 97.4 Å². The number of hydrogen-bond acceptors (Lipinski definition) is 2. The molecular weight excluding hydrogens is 218 g/mol. The molecule has 2 N–H and O–H groups in total. The van der Waals surface area contributed by atoms with Crippen molar-refractivity contribution < 1.29 is 0 Å². The average Bonchev–Trinajstić information content (AvgIpc) is 2.68. The van der Waals surface area contributed by atoms with Gasteiger partial charge in [0.1, 0.15) is 0 Å². The van der Waals surface area contributed by atoms with Crippen LogP contribution in [0, 0.1) is 11.8 Å². The van der Waals surface area contributed by atoms with E-state index in [0.29, 0.717) is 13.0 Å². The number of nitrogens with one attached hydrogen (secondary N) is 2. The summed E-state index contributed by atoms with van der Waals surface area (Å²) < 4.78 is 0. The van der Waals surface area contributed by atoms with E-state index in [9.17, 15) is 4.79 Å². The van der Waals surface area contributed by atoms with Gasteiger partial charge in [0.05, 0.1) is 11.0 Å². The van der Waals surface area contributed by atoms with Gasteiger partial charge in [0, 0.05) is 23.4 Å². The number of fused-ring (bicyclic) bond motifs is 1. The largest absolute Gasteiger partial charge is 0.323 e. The van der Waals surface area contributed by atoms with E-state index in [-0.39, 0.29) is 5.69 Å². The van der Waals surface area contributed by atoms with Gasteiger partial charge < -0.3 is 9.97 Å². The minimum Gasteiger partial charge on any atom is -0.306 e. The lowest BCUT2D eigenvalue weighted by molar-refractivity contribution is 1.01. The molecule has 2 rings (SSSR count). The zero-order chi connectivity index (χ0) is 12.1. The van der Waals surface area contributed by atoms with Crippen molar-refractivity contribution in [2.45, 2.75) is 6.42 Å². The third-order valence-corrected chi connectivity index (χ3v) is 2.15. The fraction of sp³-hybridized carbons (Fsp3) is 0.182. The highest BCUT2D eigenvalue weighted by Gasteiger charge is 1.97. The van der Waals surface area contributed by atoms with E-state index in [1.807, 2.05) is 6.07 Å². The van der Waals surface area contributed by atoms with E-state index >= 15 is 0 Å². The summed E-state index contributed by atoms with van der Waals surface area (Å²) in [5, 5.41) is 3.38. The Bertz CT molecular complexity index is 694. The SMILES string of the molecule is [N-]=[N+]=NCCC#Cc1ccc2[nH]c(=O)[nH]c2c1. The summed E-state index contributed by atoms with van der Waals surface area (Å²) in [6.07, 6.45) is 0.520. The first-order chi connectivity index (χ1) is 8.29. The molecule has 0 saturated heterocycles. The van der Waals surface area contributed by atoms with Crippen molar-refractivity contribution in [2.24, 2.45) is 5.11 Å². The summed E-state index contributed by atoms with van der Waals surface area (Å²) in [7, 11) is 0. The maximum Gasteiger partial charge on any atom is 0.323 e. The molecule has 0 aliphatic heterocycles. The minimum atomic E-state index is -0.228. The Balaban J connectivity index is 2.18. The van der Waals surface area contributed by atoms with Crippen LogP contribution >= 0.6 is 0 Å². The Hall–Kier alpha value is -2.64. The predicted octanol–water partition coefficient (Wildman–Crippen LogP) is 1.91. The first-order valence-electron chi connectivity index (χ1n) is 5.01. The number of imidazole rings is 1. The number of hydrogen-bond donors (Lipinski definition) is 2. The van der Waals surface area contributed by atoms with Crippen LogP contribution in [-0.2, 0) is 0 Å². The maximum atomic E-state index is 11.0. The molecule has 1 aromatic heterocycles. The van der Waals surface area contributed by atoms with E-state index in [1.165, 1.54) is 0 Å². The molecule has 6 nitrogen and oxygen atoms in total. The molecule has 2 aromatic rings. The number of benzene rings is 1. The molecule has 0 bridgehead atoms. The van der Waals surface area contributed by atoms with Gasteiger partial charge in [0.15, 0.2) is 0 Å². The second-order valence-corrected chi connectivity index (χ2v) is 3.35. The van der Waals surface area contributed by atoms with Gasteiger partial charge in [-0.2, -0.15) is 0 Å². The second kappa shape index (κ2) is 4.92. The third-order valence-electron chi connectivity index (χ3n) is 2.15. The van der Waals surface area contributed by atoms with Gasteiger partial charge in [-0.1, -0.05) is 17.0 Å². The zero-order valence-electron chi connectivity index (χ0n) is 8.90. The number of azide groups is 1. The molecule has 0 unspecified atom stereocenters. The molecule has 0 spiro atoms. The normalized spacial score (nSPS) is 9.41. The first-order valence-corrected chi connectivity index (χ1v) is 5.01. The Labute approximate surface area is 96.3 Å². The van der Waals surface area contributed by atoms with E-state index in [4.69, 9.17) is 5.53 Å². The standard InChI is InChI=1S/C11H9N5O/c12-16-13-6-2-1-3-8-4-5-9-10(7-8)15-11(17)14-9/h4-5,7H,2,6H2,(H2,14,15,17). The summed E-state index contributed by atoms with van der Waals surface area (Å²) in [5.74, 6) is 5.83. The zero-order valence-corrected chi connectivity index (χ0v) is 8.90. The number of rotatable bonds is 2. The number of aromatic nitrogens is 2. The number of H-pyrrole nitrogens is 2. The fourth-order valence-corrected chi connectivity index (χ4v) is 1.43. The fourth-order valence-electron chi connectivity index (χ4n) is 1.43. The Morgan fingerprint density at radius 2 is 2.18 bits per heavy atom. The van der Waals surface area contributed by atoms with Crippen LogP contribution in [0.25, 0.3) is 21.5 Å². The Morgan fingerprint density at radius 3 is 3.00 bits per heavy atom. The Kier molecular flexibility index (Phi) is 3.15. The van der Waals surface area contributed by atoms with Crippen LogP contribution in [0.4, 0.5) is 0 Å². The molecular formula is C11H9N5O. The molecule has 0 amide bonds. The smallest absolute Gasteiger partial charge is 0.306 e. The first kappa shape index (κ1) is 10.9. The third kappa shape index (κ3) is 2.68. The van der Waals surface area contributed by atoms with Crippen LogP contribution in [0.3, 0.4) is 0 Å². The van der Waals surface area contributed by atoms with Gasteiger partial charge in [-0.3, -0.25) is 0 Å². The molecule has 1 heterocycles. The van der Waals surface area contributed by atoms with Gasteiger partial charge in [-0.15, -0.1) is 0 Å². The van der Waals surface area contributed by atoms with Crippen molar-refractivity contribution in [3.05, 3.63) is 44.7 Å². The summed E-state index contributed by atoms with van der Waals surface area (Å²) in [5.41, 5.74) is 10.2. The molecule has 6 heteroatoms. The quantitative estimate of drug-likeness (QED) is 0.264. The van der Waals surface area contributed by atoms with Gasteiger partial charge in [-0.05, 0) is 23.7 Å². The molecule has 0 fully saturated rings. The summed E-state index contributed by atoms with van der Waals surface area (Å²) in [6.45, 7) is 0.368. The molecule has 0 saturated carbocycles. The van der Waals surface area contributed by atoms with Crippen molar-refractivity contribution in [3.63, 3.8) is 0 Å². The van der Waals surface area contributed by atoms with Crippen LogP contribution in [0.1, 0.15) is 12.0 Å². The average molecular weight is 227 g/mol. The van der Waals surface area contributed by atoms with Gasteiger partial charge in [0.2, 0.25) is 0 Å². The molecule has 0 radical (unpaired) electrons. The van der Waals surface area contributed by atoms with Gasteiger partial charge >= 0.3 is 5.69 Å². The molecule has 0 atom stereocenters. The predicted molar refractivity (Wildman–Crippen MR) is 64.4 cm³/mol. The second-order valence-electron chi connectivity index (χ2n) is 3.35. The molecule has 0 aliphatic carbocycles. The van der Waals surface area contributed by atoms with Crippen LogP contribution in [0.15, 0.2) is 28.1 Å². The highest BCUT2D eigenvalue weighted by Crippen LogP contribution is 2.08. The summed E-state index contributed by atoms with van der Waals surface area (Å²) in [4.78, 5) is 19.0. The molecule has 1 aromatic carbocycles. The highest BCUT2D eigenvalue weighted by molar-refractivity contribution is 5.76. The van der Waals surface area contributed by atoms with Gasteiger partial charge in [0.25, 0.3) is 0 Å². The van der Waals surface area contributed by atoms with Crippen molar-refractivity contribution in [1.82, 2.24) is 9.97 Å². The number of aromatic amines is 2. The van der Waals surface area contributed by atoms with E-state index in [1.54, 1.807) is 12.1 Å². The highest BCUT2D eigenvalue weighted by atomic mass is 16.1. The molecule has 17 heavy (non-hydrogen) atoms. The van der Waals surface area contributed by atoms with E-state index in [2.05, 4.69) is 31.8 Å².